The molecule has 0 aliphatic heterocycles. The van der Waals surface area contributed by atoms with Crippen LogP contribution in [0.15, 0.2) is 12.1 Å². The van der Waals surface area contributed by atoms with Crippen LogP contribution in [0.4, 0.5) is 0 Å². The second-order valence-electron chi connectivity index (χ2n) is 4.65. The van der Waals surface area contributed by atoms with E-state index in [2.05, 4.69) is 37.4 Å². The summed E-state index contributed by atoms with van der Waals surface area (Å²) < 4.78 is 0. The molecule has 0 saturated heterocycles. The predicted molar refractivity (Wildman–Crippen MR) is 102 cm³/mol. The molecule has 2 aromatic heterocycles. The Bertz CT molecular complexity index is 744. The smallest absolute Gasteiger partial charge is 0.101 e. The molecule has 0 bridgehead atoms. The Kier molecular flexibility index (Phi) is 5.77. The monoisotopic (exact) mass is 362 g/mol. The lowest BCUT2D eigenvalue weighted by Gasteiger charge is -2.03. The van der Waals surface area contributed by atoms with Gasteiger partial charge in [-0.05, 0) is 26.0 Å². The number of allylic oxidation sites excluding steroid dienone is 2. The summed E-state index contributed by atoms with van der Waals surface area (Å²) >= 11 is 11.8. The van der Waals surface area contributed by atoms with Gasteiger partial charge in [-0.1, -0.05) is 0 Å². The van der Waals surface area contributed by atoms with Gasteiger partial charge in [-0.2, -0.15) is 35.8 Å². The first-order valence-electron chi connectivity index (χ1n) is 6.51. The first-order valence-corrected chi connectivity index (χ1v) is 9.41. The van der Waals surface area contributed by atoms with Crippen molar-refractivity contribution < 1.29 is 0 Å². The van der Waals surface area contributed by atoms with Gasteiger partial charge in [0.25, 0.3) is 0 Å². The number of thiophene rings is 2. The van der Waals surface area contributed by atoms with Crippen LogP contribution < -0.4 is 0 Å². The number of hydrogen-bond donors (Lipinski definition) is 2. The van der Waals surface area contributed by atoms with Crippen LogP contribution in [0.5, 0.6) is 0 Å². The molecule has 0 aliphatic carbocycles. The maximum atomic E-state index is 9.62. The van der Waals surface area contributed by atoms with Gasteiger partial charge in [0.2, 0.25) is 0 Å². The van der Waals surface area contributed by atoms with E-state index in [4.69, 9.17) is 0 Å². The van der Waals surface area contributed by atoms with Crippen molar-refractivity contribution in [3.8, 4) is 12.1 Å². The van der Waals surface area contributed by atoms with Gasteiger partial charge in [-0.15, -0.1) is 22.7 Å². The standard InChI is InChI=1S/C16H14N2S4/c1-9-13(3-11(7-19)21-9)15(5-17)16(6-18)14-4-12(8-20)22-10(14)2/h3-4,19-20H,7-8H2,1-2H3/b16-15+. The van der Waals surface area contributed by atoms with Crippen LogP contribution >= 0.6 is 47.9 Å². The lowest BCUT2D eigenvalue weighted by atomic mass is 9.97. The molecule has 2 aromatic rings. The summed E-state index contributed by atoms with van der Waals surface area (Å²) in [7, 11) is 0. The van der Waals surface area contributed by atoms with Gasteiger partial charge in [0.1, 0.15) is 12.1 Å². The molecule has 0 saturated carbocycles. The molecule has 112 valence electrons. The average Bonchev–Trinajstić information content (AvgIpc) is 3.07. The first-order chi connectivity index (χ1) is 10.5. The van der Waals surface area contributed by atoms with E-state index in [1.165, 1.54) is 0 Å². The molecule has 2 nitrogen and oxygen atoms in total. The summed E-state index contributed by atoms with van der Waals surface area (Å²) in [6, 6.07) is 8.37. The fourth-order valence-electron chi connectivity index (χ4n) is 2.24. The number of rotatable bonds is 4. The predicted octanol–water partition coefficient (Wildman–Crippen LogP) is 5.24. The molecule has 0 amide bonds. The lowest BCUT2D eigenvalue weighted by Crippen LogP contribution is -1.89. The molecule has 0 atom stereocenters. The van der Waals surface area contributed by atoms with E-state index in [1.54, 1.807) is 22.7 Å². The SMILES string of the molecule is Cc1sc(CS)cc1/C(C#N)=C(\C#N)c1cc(CS)sc1C. The third-order valence-corrected chi connectivity index (χ3v) is 6.47. The molecule has 2 rings (SSSR count). The highest BCUT2D eigenvalue weighted by molar-refractivity contribution is 7.79. The molecule has 0 radical (unpaired) electrons. The van der Waals surface area contributed by atoms with Crippen molar-refractivity contribution in [1.82, 2.24) is 0 Å². The second kappa shape index (κ2) is 7.39. The minimum atomic E-state index is 0.441. The molecule has 0 fully saturated rings. The van der Waals surface area contributed by atoms with Crippen LogP contribution in [0.2, 0.25) is 0 Å². The Labute approximate surface area is 149 Å². The number of hydrogen-bond acceptors (Lipinski definition) is 6. The molecule has 0 unspecified atom stereocenters. The molecule has 22 heavy (non-hydrogen) atoms. The summed E-state index contributed by atoms with van der Waals surface area (Å²) in [4.78, 5) is 4.27. The molecule has 0 N–H and O–H groups in total. The van der Waals surface area contributed by atoms with Crippen molar-refractivity contribution in [3.05, 3.63) is 42.8 Å². The van der Waals surface area contributed by atoms with E-state index >= 15 is 0 Å². The summed E-state index contributed by atoms with van der Waals surface area (Å²) in [6.07, 6.45) is 0. The van der Waals surface area contributed by atoms with Gasteiger partial charge in [0.15, 0.2) is 0 Å². The third kappa shape index (κ3) is 3.26. The maximum absolute atomic E-state index is 9.62. The molecule has 2 heterocycles. The molecular weight excluding hydrogens is 348 g/mol. The molecule has 0 aromatic carbocycles. The van der Waals surface area contributed by atoms with Crippen molar-refractivity contribution in [2.45, 2.75) is 25.4 Å². The van der Waals surface area contributed by atoms with Crippen LogP contribution in [0.3, 0.4) is 0 Å². The molecular formula is C16H14N2S4. The largest absolute Gasteiger partial charge is 0.192 e. The summed E-state index contributed by atoms with van der Waals surface area (Å²) in [5.41, 5.74) is 2.56. The normalized spacial score (nSPS) is 11.7. The van der Waals surface area contributed by atoms with E-state index in [-0.39, 0.29) is 0 Å². The van der Waals surface area contributed by atoms with Gasteiger partial charge in [-0.25, -0.2) is 0 Å². The highest BCUT2D eigenvalue weighted by Crippen LogP contribution is 2.36. The van der Waals surface area contributed by atoms with Gasteiger partial charge in [-0.3, -0.25) is 0 Å². The van der Waals surface area contributed by atoms with Crippen molar-refractivity contribution >= 4 is 59.1 Å². The van der Waals surface area contributed by atoms with Gasteiger partial charge >= 0.3 is 0 Å². The summed E-state index contributed by atoms with van der Waals surface area (Å²) in [5, 5.41) is 19.2. The van der Waals surface area contributed by atoms with E-state index in [0.29, 0.717) is 22.7 Å². The zero-order valence-corrected chi connectivity index (χ0v) is 15.6. The van der Waals surface area contributed by atoms with Crippen LogP contribution in [-0.4, -0.2) is 0 Å². The zero-order valence-electron chi connectivity index (χ0n) is 12.2. The Balaban J connectivity index is 2.68. The van der Waals surface area contributed by atoms with Crippen LogP contribution in [0, 0.1) is 36.5 Å². The fourth-order valence-corrected chi connectivity index (χ4v) is 4.62. The Hall–Kier alpha value is -1.18. The van der Waals surface area contributed by atoms with E-state index < -0.39 is 0 Å². The quantitative estimate of drug-likeness (QED) is 0.577. The highest BCUT2D eigenvalue weighted by atomic mass is 32.1. The maximum Gasteiger partial charge on any atom is 0.101 e. The van der Waals surface area contributed by atoms with Gasteiger partial charge in [0.05, 0.1) is 11.1 Å². The number of thiol groups is 2. The van der Waals surface area contributed by atoms with Crippen molar-refractivity contribution in [2.24, 2.45) is 0 Å². The minimum absolute atomic E-state index is 0.441. The number of nitriles is 2. The van der Waals surface area contributed by atoms with E-state index in [9.17, 15) is 10.5 Å². The fraction of sp³-hybridized carbons (Fsp3) is 0.250. The average molecular weight is 363 g/mol. The zero-order chi connectivity index (χ0) is 16.3. The van der Waals surface area contributed by atoms with Gasteiger partial charge in [0, 0.05) is 42.1 Å². The highest BCUT2D eigenvalue weighted by Gasteiger charge is 2.18. The minimum Gasteiger partial charge on any atom is -0.192 e. The molecule has 0 aliphatic rings. The number of nitrogens with zero attached hydrogens (tertiary/aromatic N) is 2. The topological polar surface area (TPSA) is 47.6 Å². The van der Waals surface area contributed by atoms with E-state index in [1.807, 2.05) is 26.0 Å². The van der Waals surface area contributed by atoms with Crippen molar-refractivity contribution in [1.29, 1.82) is 10.5 Å². The molecule has 0 spiro atoms. The van der Waals surface area contributed by atoms with Crippen LogP contribution in [0.25, 0.3) is 11.1 Å². The summed E-state index contributed by atoms with van der Waals surface area (Å²) in [6.45, 7) is 3.94. The second-order valence-corrected chi connectivity index (χ2v) is 7.97. The number of aryl methyl sites for hydroxylation is 2. The summed E-state index contributed by atoms with van der Waals surface area (Å²) in [5.74, 6) is 1.26. The Morgan fingerprint density at radius 1 is 0.909 bits per heavy atom. The third-order valence-electron chi connectivity index (χ3n) is 3.26. The molecule has 6 heteroatoms. The van der Waals surface area contributed by atoms with Gasteiger partial charge < -0.3 is 0 Å². The van der Waals surface area contributed by atoms with Crippen molar-refractivity contribution in [2.75, 3.05) is 0 Å². The van der Waals surface area contributed by atoms with E-state index in [0.717, 1.165) is 30.6 Å². The first kappa shape index (κ1) is 17.2. The Morgan fingerprint density at radius 2 is 1.27 bits per heavy atom. The van der Waals surface area contributed by atoms with Crippen molar-refractivity contribution in [3.63, 3.8) is 0 Å². The lowest BCUT2D eigenvalue weighted by molar-refractivity contribution is 1.47. The Morgan fingerprint density at radius 3 is 1.50 bits per heavy atom. The van der Waals surface area contributed by atoms with Crippen LogP contribution in [0.1, 0.15) is 30.6 Å². The van der Waals surface area contributed by atoms with Crippen LogP contribution in [-0.2, 0) is 11.5 Å².